The molecular formula is C28H35N3O8. The normalized spacial score (nSPS) is 31.1. The largest absolute Gasteiger partial charge is 0.507 e. The highest BCUT2D eigenvalue weighted by molar-refractivity contribution is 6.32. The van der Waals surface area contributed by atoms with Crippen LogP contribution in [0.5, 0.6) is 5.75 Å². The van der Waals surface area contributed by atoms with Gasteiger partial charge >= 0.3 is 0 Å². The monoisotopic (exact) mass is 541 g/mol. The molecule has 6 unspecified atom stereocenters. The van der Waals surface area contributed by atoms with Crippen molar-refractivity contribution in [3.8, 4) is 5.75 Å². The predicted molar refractivity (Wildman–Crippen MR) is 139 cm³/mol. The minimum Gasteiger partial charge on any atom is -0.507 e. The number of carbonyl (C=O) groups is 5. The van der Waals surface area contributed by atoms with E-state index in [1.165, 1.54) is 12.0 Å². The standard InChI is InChI=1S/C28H35N3O8/c1-11(30-39-7)13-10-16(27(2,3)4)21(32)18-14(13)8-12-9-15-20(31(5)6)23(34)19(26(29)37)25(36)28(15,38)24(35)17(12)22(18)33/h10,12,15,17,19-20,32,38H,8-9H2,1-7H3,(H2,29,37). The fraction of sp³-hybridized carbons (Fsp3) is 0.571. The molecule has 3 aliphatic carbocycles. The number of fused-ring (bicyclic) bond motifs is 3. The first-order chi connectivity index (χ1) is 18.0. The van der Waals surface area contributed by atoms with Gasteiger partial charge in [-0.2, -0.15) is 0 Å². The summed E-state index contributed by atoms with van der Waals surface area (Å²) in [5, 5.41) is 27.1. The fourth-order valence-electron chi connectivity index (χ4n) is 6.75. The lowest BCUT2D eigenvalue weighted by molar-refractivity contribution is -0.181. The maximum Gasteiger partial charge on any atom is 0.235 e. The van der Waals surface area contributed by atoms with E-state index in [2.05, 4.69) is 5.16 Å². The summed E-state index contributed by atoms with van der Waals surface area (Å²) >= 11 is 0. The summed E-state index contributed by atoms with van der Waals surface area (Å²) in [5.41, 5.74) is 3.92. The molecule has 1 amide bonds. The number of phenolic OH excluding ortho intramolecular Hbond substituents is 1. The highest BCUT2D eigenvalue weighted by Crippen LogP contribution is 2.52. The summed E-state index contributed by atoms with van der Waals surface area (Å²) in [6.07, 6.45) is 0.126. The van der Waals surface area contributed by atoms with Crippen LogP contribution >= 0.6 is 0 Å². The molecular weight excluding hydrogens is 506 g/mol. The number of carbonyl (C=O) groups excluding carboxylic acids is 5. The summed E-state index contributed by atoms with van der Waals surface area (Å²) in [7, 11) is 4.48. The van der Waals surface area contributed by atoms with Crippen molar-refractivity contribution in [2.75, 3.05) is 21.2 Å². The number of aliphatic hydroxyl groups is 1. The Morgan fingerprint density at radius 2 is 1.79 bits per heavy atom. The average molecular weight is 542 g/mol. The van der Waals surface area contributed by atoms with Crippen LogP contribution in [0.25, 0.3) is 0 Å². The third kappa shape index (κ3) is 4.01. The Morgan fingerprint density at radius 3 is 2.31 bits per heavy atom. The van der Waals surface area contributed by atoms with Gasteiger partial charge < -0.3 is 20.8 Å². The van der Waals surface area contributed by atoms with Crippen molar-refractivity contribution in [2.45, 2.75) is 57.6 Å². The van der Waals surface area contributed by atoms with E-state index in [4.69, 9.17) is 10.6 Å². The zero-order valence-corrected chi connectivity index (χ0v) is 23.2. The molecule has 0 radical (unpaired) electrons. The molecule has 0 saturated heterocycles. The number of oxime groups is 1. The molecule has 0 spiro atoms. The quantitative estimate of drug-likeness (QED) is 0.279. The van der Waals surface area contributed by atoms with Crippen LogP contribution in [0.4, 0.5) is 0 Å². The van der Waals surface area contributed by atoms with Crippen molar-refractivity contribution in [1.82, 2.24) is 4.90 Å². The van der Waals surface area contributed by atoms with E-state index in [0.717, 1.165) is 0 Å². The molecule has 2 fully saturated rings. The second-order valence-corrected chi connectivity index (χ2v) is 12.1. The fourth-order valence-corrected chi connectivity index (χ4v) is 6.75. The van der Waals surface area contributed by atoms with Gasteiger partial charge in [-0.1, -0.05) is 25.9 Å². The minimum absolute atomic E-state index is 0.0222. The topological polar surface area (TPSA) is 177 Å². The van der Waals surface area contributed by atoms with E-state index in [1.807, 2.05) is 20.8 Å². The molecule has 4 rings (SSSR count). The van der Waals surface area contributed by atoms with Gasteiger partial charge in [-0.3, -0.25) is 28.9 Å². The molecule has 0 aromatic heterocycles. The lowest BCUT2D eigenvalue weighted by atomic mass is 9.52. The second-order valence-electron chi connectivity index (χ2n) is 12.1. The molecule has 3 aliphatic rings. The molecule has 0 aliphatic heterocycles. The highest BCUT2D eigenvalue weighted by atomic mass is 16.6. The molecule has 1 aromatic rings. The van der Waals surface area contributed by atoms with Crippen molar-refractivity contribution < 1.29 is 39.0 Å². The van der Waals surface area contributed by atoms with Crippen LogP contribution in [0.15, 0.2) is 11.2 Å². The number of hydrogen-bond acceptors (Lipinski definition) is 10. The molecule has 0 heterocycles. The third-order valence-corrected chi connectivity index (χ3v) is 8.49. The van der Waals surface area contributed by atoms with E-state index in [1.54, 1.807) is 27.1 Å². The zero-order chi connectivity index (χ0) is 29.4. The molecule has 6 atom stereocenters. The summed E-state index contributed by atoms with van der Waals surface area (Å²) in [6.45, 7) is 7.28. The Bertz CT molecular complexity index is 1340. The number of rotatable bonds is 4. The number of nitrogens with zero attached hydrogens (tertiary/aromatic N) is 2. The van der Waals surface area contributed by atoms with Crippen LogP contribution in [-0.2, 0) is 35.9 Å². The van der Waals surface area contributed by atoms with Gasteiger partial charge in [0, 0.05) is 17.0 Å². The van der Waals surface area contributed by atoms with E-state index >= 15 is 0 Å². The van der Waals surface area contributed by atoms with Gasteiger partial charge in [0.2, 0.25) is 5.91 Å². The number of likely N-dealkylation sites (N-methyl/N-ethyl adjacent to an activating group) is 1. The molecule has 11 nitrogen and oxygen atoms in total. The van der Waals surface area contributed by atoms with Crippen LogP contribution < -0.4 is 5.73 Å². The van der Waals surface area contributed by atoms with Crippen LogP contribution in [-0.4, -0.2) is 82.7 Å². The number of phenols is 1. The van der Waals surface area contributed by atoms with Gasteiger partial charge in [0.05, 0.1) is 23.2 Å². The zero-order valence-electron chi connectivity index (χ0n) is 23.2. The molecule has 210 valence electrons. The first-order valence-corrected chi connectivity index (χ1v) is 12.8. The SMILES string of the molecule is CON=C(C)c1cc(C(C)(C)C)c(O)c2c1CC1CC3C(N(C)C)C(=O)C(C(N)=O)C(=O)C3(O)C(=O)C1C2=O. The average Bonchev–Trinajstić information content (AvgIpc) is 2.80. The minimum atomic E-state index is -2.76. The Morgan fingerprint density at radius 1 is 1.18 bits per heavy atom. The molecule has 1 aromatic carbocycles. The highest BCUT2D eigenvalue weighted by Gasteiger charge is 2.69. The third-order valence-electron chi connectivity index (χ3n) is 8.49. The number of ketones is 4. The Labute approximate surface area is 226 Å². The summed E-state index contributed by atoms with van der Waals surface area (Å²) in [5.74, 6) is -10.7. The maximum atomic E-state index is 14.1. The summed E-state index contributed by atoms with van der Waals surface area (Å²) < 4.78 is 0. The predicted octanol–water partition coefficient (Wildman–Crippen LogP) is 0.535. The molecule has 11 heteroatoms. The van der Waals surface area contributed by atoms with E-state index < -0.39 is 69.8 Å². The number of aromatic hydroxyl groups is 1. The lowest BCUT2D eigenvalue weighted by Gasteiger charge is -2.52. The summed E-state index contributed by atoms with van der Waals surface area (Å²) in [6, 6.07) is 0.605. The van der Waals surface area contributed by atoms with Gasteiger partial charge in [-0.25, -0.2) is 0 Å². The molecule has 2 saturated carbocycles. The maximum absolute atomic E-state index is 14.1. The lowest BCUT2D eigenvalue weighted by Crippen LogP contribution is -2.74. The van der Waals surface area contributed by atoms with E-state index in [-0.39, 0.29) is 24.2 Å². The Kier molecular flexibility index (Phi) is 6.84. The van der Waals surface area contributed by atoms with Gasteiger partial charge in [-0.15, -0.1) is 0 Å². The van der Waals surface area contributed by atoms with Gasteiger partial charge in [0.1, 0.15) is 12.9 Å². The van der Waals surface area contributed by atoms with Gasteiger partial charge in [-0.05, 0) is 56.8 Å². The van der Waals surface area contributed by atoms with Gasteiger partial charge in [0.15, 0.2) is 34.7 Å². The summed E-state index contributed by atoms with van der Waals surface area (Å²) in [4.78, 5) is 73.2. The Hall–Kier alpha value is -3.44. The number of benzene rings is 1. The van der Waals surface area contributed by atoms with Crippen LogP contribution in [0, 0.1) is 23.7 Å². The number of nitrogens with two attached hydrogens (primary N) is 1. The molecule has 4 N–H and O–H groups in total. The number of amides is 1. The van der Waals surface area contributed by atoms with Crippen LogP contribution in [0.3, 0.4) is 0 Å². The van der Waals surface area contributed by atoms with Crippen molar-refractivity contribution in [2.24, 2.45) is 34.6 Å². The van der Waals surface area contributed by atoms with Crippen LogP contribution in [0.1, 0.15) is 61.2 Å². The van der Waals surface area contributed by atoms with Crippen molar-refractivity contribution in [3.05, 3.63) is 28.3 Å². The number of hydrogen-bond donors (Lipinski definition) is 3. The smallest absolute Gasteiger partial charge is 0.235 e. The molecule has 0 bridgehead atoms. The first kappa shape index (κ1) is 28.6. The van der Waals surface area contributed by atoms with Crippen molar-refractivity contribution >= 4 is 34.8 Å². The van der Waals surface area contributed by atoms with E-state index in [0.29, 0.717) is 22.4 Å². The number of Topliss-reactive ketones (excluding diaryl/α,β-unsaturated/α-hetero) is 4. The van der Waals surface area contributed by atoms with E-state index in [9.17, 15) is 34.2 Å². The van der Waals surface area contributed by atoms with Crippen molar-refractivity contribution in [3.63, 3.8) is 0 Å². The van der Waals surface area contributed by atoms with Crippen LogP contribution in [0.2, 0.25) is 0 Å². The van der Waals surface area contributed by atoms with Crippen molar-refractivity contribution in [1.29, 1.82) is 0 Å². The second kappa shape index (κ2) is 9.34. The first-order valence-electron chi connectivity index (χ1n) is 12.8. The van der Waals surface area contributed by atoms with Gasteiger partial charge in [0.25, 0.3) is 0 Å². The number of primary amides is 1. The Balaban J connectivity index is 1.95. The molecule has 39 heavy (non-hydrogen) atoms.